The van der Waals surface area contributed by atoms with Crippen LogP contribution in [0.2, 0.25) is 0 Å². The van der Waals surface area contributed by atoms with E-state index in [0.29, 0.717) is 11.4 Å². The van der Waals surface area contributed by atoms with Crippen LogP contribution in [0.15, 0.2) is 24.3 Å². The van der Waals surface area contributed by atoms with E-state index in [4.69, 9.17) is 15.2 Å². The number of ether oxygens (including phenoxy) is 2. The first-order valence-corrected chi connectivity index (χ1v) is 8.38. The molecular weight excluding hydrogens is 294 g/mol. The minimum absolute atomic E-state index is 0.0616. The first-order valence-electron chi connectivity index (χ1n) is 6.67. The normalized spacial score (nSPS) is 11.4. The molecule has 0 spiro atoms. The van der Waals surface area contributed by atoms with Gasteiger partial charge in [0.15, 0.2) is 9.84 Å². The summed E-state index contributed by atoms with van der Waals surface area (Å²) >= 11 is 0. The second kappa shape index (κ2) is 7.87. The standard InChI is InChI=1S/C14H21NO5S/c1-11(2)21(17,18)10-9-20-14(16)7-8-19-13-5-3-12(15)4-6-13/h3-6,11H,7-10,15H2,1-2H3. The van der Waals surface area contributed by atoms with Gasteiger partial charge in [0.1, 0.15) is 12.4 Å². The maximum atomic E-state index is 11.5. The van der Waals surface area contributed by atoms with Gasteiger partial charge in [0.2, 0.25) is 0 Å². The molecule has 6 nitrogen and oxygen atoms in total. The SMILES string of the molecule is CC(C)S(=O)(=O)CCOC(=O)CCOc1ccc(N)cc1. The number of carbonyl (C=O) groups excluding carboxylic acids is 1. The summed E-state index contributed by atoms with van der Waals surface area (Å²) in [4.78, 5) is 11.4. The number of sulfone groups is 1. The number of carbonyl (C=O) groups is 1. The molecule has 0 aliphatic rings. The summed E-state index contributed by atoms with van der Waals surface area (Å²) in [6.45, 7) is 3.23. The molecule has 0 aliphatic carbocycles. The van der Waals surface area contributed by atoms with Gasteiger partial charge in [-0.1, -0.05) is 0 Å². The molecule has 0 radical (unpaired) electrons. The zero-order valence-electron chi connectivity index (χ0n) is 12.2. The van der Waals surface area contributed by atoms with Crippen LogP contribution in [0.4, 0.5) is 5.69 Å². The Kier molecular flexibility index (Phi) is 6.48. The molecule has 0 amide bonds. The molecule has 0 saturated carbocycles. The van der Waals surface area contributed by atoms with Crippen LogP contribution in [0, 0.1) is 0 Å². The molecule has 1 aromatic rings. The van der Waals surface area contributed by atoms with Crippen molar-refractivity contribution in [2.45, 2.75) is 25.5 Å². The van der Waals surface area contributed by atoms with Crippen LogP contribution in [0.3, 0.4) is 0 Å². The second-order valence-corrected chi connectivity index (χ2v) is 7.48. The Bertz CT molecular complexity index is 551. The number of nitrogens with two attached hydrogens (primary N) is 1. The van der Waals surface area contributed by atoms with Crippen LogP contribution >= 0.6 is 0 Å². The number of hydrogen-bond donors (Lipinski definition) is 1. The second-order valence-electron chi connectivity index (χ2n) is 4.80. The number of esters is 1. The van der Waals surface area contributed by atoms with Gasteiger partial charge >= 0.3 is 5.97 Å². The Labute approximate surface area is 125 Å². The lowest BCUT2D eigenvalue weighted by Crippen LogP contribution is -2.22. The Balaban J connectivity index is 2.21. The molecule has 21 heavy (non-hydrogen) atoms. The molecular formula is C14H21NO5S. The van der Waals surface area contributed by atoms with Crippen molar-refractivity contribution in [3.63, 3.8) is 0 Å². The number of anilines is 1. The largest absolute Gasteiger partial charge is 0.493 e. The Hall–Kier alpha value is -1.76. The smallest absolute Gasteiger partial charge is 0.309 e. The van der Waals surface area contributed by atoms with Gasteiger partial charge in [0.25, 0.3) is 0 Å². The third-order valence-corrected chi connectivity index (χ3v) is 4.98. The van der Waals surface area contributed by atoms with Crippen molar-refractivity contribution < 1.29 is 22.7 Å². The first-order chi connectivity index (χ1) is 9.81. The minimum atomic E-state index is -3.18. The van der Waals surface area contributed by atoms with Crippen LogP contribution in [0.25, 0.3) is 0 Å². The third kappa shape index (κ3) is 6.48. The summed E-state index contributed by atoms with van der Waals surface area (Å²) < 4.78 is 33.2. The summed E-state index contributed by atoms with van der Waals surface area (Å²) in [5.74, 6) is -0.0290. The Morgan fingerprint density at radius 2 is 1.81 bits per heavy atom. The molecule has 0 fully saturated rings. The van der Waals surface area contributed by atoms with E-state index in [0.717, 1.165) is 0 Å². The minimum Gasteiger partial charge on any atom is -0.493 e. The van der Waals surface area contributed by atoms with Crippen LogP contribution in [-0.2, 0) is 19.4 Å². The molecule has 118 valence electrons. The highest BCUT2D eigenvalue weighted by Crippen LogP contribution is 2.13. The van der Waals surface area contributed by atoms with Crippen LogP contribution in [-0.4, -0.2) is 38.6 Å². The third-order valence-electron chi connectivity index (χ3n) is 2.80. The van der Waals surface area contributed by atoms with Crippen molar-refractivity contribution in [3.05, 3.63) is 24.3 Å². The van der Waals surface area contributed by atoms with E-state index < -0.39 is 21.1 Å². The lowest BCUT2D eigenvalue weighted by atomic mass is 10.3. The van der Waals surface area contributed by atoms with Crippen molar-refractivity contribution in [1.29, 1.82) is 0 Å². The van der Waals surface area contributed by atoms with E-state index in [2.05, 4.69) is 0 Å². The molecule has 0 unspecified atom stereocenters. The molecule has 0 aromatic heterocycles. The van der Waals surface area contributed by atoms with Gasteiger partial charge in [-0.2, -0.15) is 0 Å². The fourth-order valence-corrected chi connectivity index (χ4v) is 2.18. The monoisotopic (exact) mass is 315 g/mol. The number of benzene rings is 1. The predicted molar refractivity (Wildman–Crippen MR) is 80.8 cm³/mol. The van der Waals surface area contributed by atoms with E-state index in [-0.39, 0.29) is 25.4 Å². The topological polar surface area (TPSA) is 95.7 Å². The fraction of sp³-hybridized carbons (Fsp3) is 0.500. The summed E-state index contributed by atoms with van der Waals surface area (Å²) in [6.07, 6.45) is 0.0616. The van der Waals surface area contributed by atoms with Gasteiger partial charge in [-0.05, 0) is 38.1 Å². The van der Waals surface area contributed by atoms with E-state index >= 15 is 0 Å². The van der Waals surface area contributed by atoms with E-state index in [1.807, 2.05) is 0 Å². The zero-order valence-corrected chi connectivity index (χ0v) is 13.1. The fourth-order valence-electron chi connectivity index (χ4n) is 1.40. The predicted octanol–water partition coefficient (Wildman–Crippen LogP) is 1.40. The highest BCUT2D eigenvalue weighted by atomic mass is 32.2. The van der Waals surface area contributed by atoms with Gasteiger partial charge in [-0.3, -0.25) is 4.79 Å². The van der Waals surface area contributed by atoms with Crippen molar-refractivity contribution in [1.82, 2.24) is 0 Å². The quantitative estimate of drug-likeness (QED) is 0.575. The van der Waals surface area contributed by atoms with Crippen molar-refractivity contribution >= 4 is 21.5 Å². The van der Waals surface area contributed by atoms with Crippen LogP contribution < -0.4 is 10.5 Å². The molecule has 1 rings (SSSR count). The summed E-state index contributed by atoms with van der Waals surface area (Å²) in [5.41, 5.74) is 6.17. The van der Waals surface area contributed by atoms with Crippen LogP contribution in [0.5, 0.6) is 5.75 Å². The van der Waals surface area contributed by atoms with Gasteiger partial charge in [-0.15, -0.1) is 0 Å². The molecule has 0 atom stereocenters. The Morgan fingerprint density at radius 3 is 2.38 bits per heavy atom. The molecule has 0 aliphatic heterocycles. The molecule has 0 heterocycles. The van der Waals surface area contributed by atoms with E-state index in [1.54, 1.807) is 38.1 Å². The maximum Gasteiger partial charge on any atom is 0.309 e. The maximum absolute atomic E-state index is 11.5. The highest BCUT2D eigenvalue weighted by Gasteiger charge is 2.16. The van der Waals surface area contributed by atoms with Gasteiger partial charge in [-0.25, -0.2) is 8.42 Å². The lowest BCUT2D eigenvalue weighted by molar-refractivity contribution is -0.143. The van der Waals surface area contributed by atoms with Gasteiger partial charge < -0.3 is 15.2 Å². The van der Waals surface area contributed by atoms with Gasteiger partial charge in [0.05, 0.1) is 24.0 Å². The van der Waals surface area contributed by atoms with E-state index in [9.17, 15) is 13.2 Å². The summed E-state index contributed by atoms with van der Waals surface area (Å²) in [7, 11) is -3.18. The first kappa shape index (κ1) is 17.3. The van der Waals surface area contributed by atoms with Crippen molar-refractivity contribution in [2.75, 3.05) is 24.7 Å². The van der Waals surface area contributed by atoms with Crippen LogP contribution in [0.1, 0.15) is 20.3 Å². The number of nitrogen functional groups attached to an aromatic ring is 1. The average molecular weight is 315 g/mol. The average Bonchev–Trinajstić information content (AvgIpc) is 2.40. The molecule has 2 N–H and O–H groups in total. The molecule has 1 aromatic carbocycles. The van der Waals surface area contributed by atoms with Crippen molar-refractivity contribution in [3.8, 4) is 5.75 Å². The molecule has 0 saturated heterocycles. The highest BCUT2D eigenvalue weighted by molar-refractivity contribution is 7.91. The van der Waals surface area contributed by atoms with Crippen molar-refractivity contribution in [2.24, 2.45) is 0 Å². The molecule has 0 bridgehead atoms. The number of hydrogen-bond acceptors (Lipinski definition) is 6. The van der Waals surface area contributed by atoms with E-state index in [1.165, 1.54) is 0 Å². The summed E-state index contributed by atoms with van der Waals surface area (Å²) in [6, 6.07) is 6.81. The Morgan fingerprint density at radius 1 is 1.19 bits per heavy atom. The number of rotatable bonds is 8. The summed E-state index contributed by atoms with van der Waals surface area (Å²) in [5, 5.41) is -0.468. The zero-order chi connectivity index (χ0) is 15.9. The molecule has 7 heteroatoms. The lowest BCUT2D eigenvalue weighted by Gasteiger charge is -2.09. The van der Waals surface area contributed by atoms with Gasteiger partial charge in [0, 0.05) is 5.69 Å².